The van der Waals surface area contributed by atoms with Gasteiger partial charge in [-0.3, -0.25) is 14.5 Å². The van der Waals surface area contributed by atoms with Crippen LogP contribution >= 0.6 is 0 Å². The molecule has 0 aliphatic heterocycles. The summed E-state index contributed by atoms with van der Waals surface area (Å²) in [5.74, 6) is 1.02. The number of nitrogens with zero attached hydrogens (tertiary/aromatic N) is 4. The van der Waals surface area contributed by atoms with E-state index in [-0.39, 0.29) is 17.9 Å². The molecule has 21 heavy (non-hydrogen) atoms. The van der Waals surface area contributed by atoms with Crippen LogP contribution in [0, 0.1) is 5.92 Å². The average Bonchev–Trinajstić information content (AvgIpc) is 2.89. The molecule has 2 aromatic rings. The number of hydrogen-bond acceptors (Lipinski definition) is 4. The molecular weight excluding hydrogens is 266 g/mol. The third-order valence-corrected chi connectivity index (χ3v) is 3.34. The molecule has 0 fully saturated rings. The lowest BCUT2D eigenvalue weighted by atomic mass is 10.0. The van der Waals surface area contributed by atoms with E-state index in [1.165, 1.54) is 6.33 Å². The van der Waals surface area contributed by atoms with Crippen molar-refractivity contribution >= 4 is 5.91 Å². The van der Waals surface area contributed by atoms with E-state index >= 15 is 0 Å². The molecule has 0 spiro atoms. The van der Waals surface area contributed by atoms with Crippen molar-refractivity contribution in [2.75, 3.05) is 0 Å². The molecule has 112 valence electrons. The number of hydrogen-bond donors (Lipinski definition) is 1. The highest BCUT2D eigenvalue weighted by Gasteiger charge is 2.22. The van der Waals surface area contributed by atoms with Gasteiger partial charge < -0.3 is 5.32 Å². The van der Waals surface area contributed by atoms with Gasteiger partial charge in [0.05, 0.1) is 6.04 Å². The van der Waals surface area contributed by atoms with Crippen LogP contribution in [0.3, 0.4) is 0 Å². The number of carbonyl (C=O) groups excluding carboxylic acids is 1. The molecule has 0 aliphatic rings. The molecule has 0 aliphatic carbocycles. The lowest BCUT2D eigenvalue weighted by Crippen LogP contribution is -2.33. The van der Waals surface area contributed by atoms with Crippen LogP contribution in [0.4, 0.5) is 0 Å². The Bertz CT molecular complexity index is 579. The van der Waals surface area contributed by atoms with E-state index in [1.807, 2.05) is 25.2 Å². The maximum atomic E-state index is 12.1. The van der Waals surface area contributed by atoms with Gasteiger partial charge in [-0.15, -0.1) is 0 Å². The van der Waals surface area contributed by atoms with Crippen LogP contribution in [0.25, 0.3) is 0 Å². The molecule has 1 N–H and O–H groups in total. The second-order valence-corrected chi connectivity index (χ2v) is 5.35. The summed E-state index contributed by atoms with van der Waals surface area (Å²) in [6.07, 6.45) is 4.29. The fourth-order valence-corrected chi connectivity index (χ4v) is 2.15. The van der Waals surface area contributed by atoms with Crippen LogP contribution in [0.5, 0.6) is 0 Å². The molecule has 0 unspecified atom stereocenters. The summed E-state index contributed by atoms with van der Waals surface area (Å²) in [4.78, 5) is 20.6. The zero-order valence-corrected chi connectivity index (χ0v) is 12.7. The highest BCUT2D eigenvalue weighted by atomic mass is 16.1. The Hall–Kier alpha value is -2.24. The van der Waals surface area contributed by atoms with Crippen molar-refractivity contribution in [1.29, 1.82) is 0 Å². The number of rotatable bonds is 6. The molecule has 6 heteroatoms. The fraction of sp³-hybridized carbons (Fsp3) is 0.467. The third-order valence-electron chi connectivity index (χ3n) is 3.34. The van der Waals surface area contributed by atoms with Crippen molar-refractivity contribution in [3.05, 3.63) is 42.2 Å². The Balaban J connectivity index is 1.95. The van der Waals surface area contributed by atoms with E-state index in [1.54, 1.807) is 10.9 Å². The lowest BCUT2D eigenvalue weighted by molar-refractivity contribution is -0.122. The first-order valence-electron chi connectivity index (χ1n) is 7.11. The molecule has 0 aromatic carbocycles. The van der Waals surface area contributed by atoms with Gasteiger partial charge in [-0.2, -0.15) is 5.10 Å². The molecule has 1 atom stereocenters. The summed E-state index contributed by atoms with van der Waals surface area (Å²) in [5, 5.41) is 7.10. The number of aromatic nitrogens is 4. The van der Waals surface area contributed by atoms with E-state index in [2.05, 4.69) is 34.2 Å². The van der Waals surface area contributed by atoms with Gasteiger partial charge in [0.1, 0.15) is 12.2 Å². The van der Waals surface area contributed by atoms with Crippen molar-refractivity contribution in [2.24, 2.45) is 13.0 Å². The van der Waals surface area contributed by atoms with E-state index in [9.17, 15) is 4.79 Å². The van der Waals surface area contributed by atoms with Gasteiger partial charge in [0, 0.05) is 25.4 Å². The van der Waals surface area contributed by atoms with Gasteiger partial charge in [-0.25, -0.2) is 4.98 Å². The normalized spacial score (nSPS) is 12.4. The second-order valence-electron chi connectivity index (χ2n) is 5.35. The van der Waals surface area contributed by atoms with Crippen molar-refractivity contribution in [2.45, 2.75) is 32.7 Å². The SMILES string of the molecule is CC(C)[C@H](NC(=O)CCc1ccccn1)c1ncnn1C. The zero-order valence-electron chi connectivity index (χ0n) is 12.7. The predicted molar refractivity (Wildman–Crippen MR) is 79.3 cm³/mol. The highest BCUT2D eigenvalue weighted by Crippen LogP contribution is 2.19. The first-order chi connectivity index (χ1) is 10.1. The Labute approximate surface area is 124 Å². The predicted octanol–water partition coefficient (Wildman–Crippen LogP) is 1.66. The number of aryl methyl sites for hydroxylation is 2. The van der Waals surface area contributed by atoms with Crippen molar-refractivity contribution in [1.82, 2.24) is 25.1 Å². The van der Waals surface area contributed by atoms with Gasteiger partial charge in [0.15, 0.2) is 0 Å². The molecule has 0 radical (unpaired) electrons. The average molecular weight is 287 g/mol. The summed E-state index contributed by atoms with van der Waals surface area (Å²) >= 11 is 0. The molecule has 2 heterocycles. The van der Waals surface area contributed by atoms with Gasteiger partial charge in [-0.05, 0) is 24.5 Å². The van der Waals surface area contributed by atoms with Gasteiger partial charge in [0.25, 0.3) is 0 Å². The maximum Gasteiger partial charge on any atom is 0.220 e. The molecule has 2 rings (SSSR count). The minimum absolute atomic E-state index is 0.00218. The van der Waals surface area contributed by atoms with Crippen LogP contribution in [-0.2, 0) is 18.3 Å². The Morgan fingerprint density at radius 2 is 2.14 bits per heavy atom. The number of amides is 1. The van der Waals surface area contributed by atoms with Crippen LogP contribution in [-0.4, -0.2) is 25.7 Å². The quantitative estimate of drug-likeness (QED) is 0.877. The van der Waals surface area contributed by atoms with E-state index in [0.29, 0.717) is 12.8 Å². The molecular formula is C15H21N5O. The summed E-state index contributed by atoms with van der Waals surface area (Å²) in [7, 11) is 1.83. The van der Waals surface area contributed by atoms with E-state index < -0.39 is 0 Å². The highest BCUT2D eigenvalue weighted by molar-refractivity contribution is 5.76. The minimum Gasteiger partial charge on any atom is -0.346 e. The van der Waals surface area contributed by atoms with E-state index in [4.69, 9.17) is 0 Å². The first-order valence-corrected chi connectivity index (χ1v) is 7.11. The number of pyridine rings is 1. The summed E-state index contributed by atoms with van der Waals surface area (Å²) in [6, 6.07) is 5.59. The molecule has 2 aromatic heterocycles. The molecule has 1 amide bonds. The topological polar surface area (TPSA) is 72.7 Å². The third kappa shape index (κ3) is 4.11. The van der Waals surface area contributed by atoms with Crippen LogP contribution in [0.15, 0.2) is 30.7 Å². The van der Waals surface area contributed by atoms with Gasteiger partial charge >= 0.3 is 0 Å². The summed E-state index contributed by atoms with van der Waals surface area (Å²) in [5.41, 5.74) is 0.924. The lowest BCUT2D eigenvalue weighted by Gasteiger charge is -2.21. The van der Waals surface area contributed by atoms with Crippen LogP contribution < -0.4 is 5.32 Å². The zero-order chi connectivity index (χ0) is 15.2. The molecule has 6 nitrogen and oxygen atoms in total. The first kappa shape index (κ1) is 15.2. The van der Waals surface area contributed by atoms with Crippen molar-refractivity contribution in [3.63, 3.8) is 0 Å². The van der Waals surface area contributed by atoms with Gasteiger partial charge in [-0.1, -0.05) is 19.9 Å². The maximum absolute atomic E-state index is 12.1. The fourth-order valence-electron chi connectivity index (χ4n) is 2.15. The van der Waals surface area contributed by atoms with Crippen molar-refractivity contribution in [3.8, 4) is 0 Å². The monoisotopic (exact) mass is 287 g/mol. The second kappa shape index (κ2) is 6.97. The largest absolute Gasteiger partial charge is 0.346 e. The summed E-state index contributed by atoms with van der Waals surface area (Å²) in [6.45, 7) is 4.11. The van der Waals surface area contributed by atoms with Crippen LogP contribution in [0.2, 0.25) is 0 Å². The smallest absolute Gasteiger partial charge is 0.220 e. The molecule has 0 saturated heterocycles. The standard InChI is InChI=1S/C15H21N5O/c1-11(2)14(15-17-10-18-20(15)3)19-13(21)8-7-12-6-4-5-9-16-12/h4-6,9-11,14H,7-8H2,1-3H3,(H,19,21)/t14-/m0/s1. The van der Waals surface area contributed by atoms with E-state index in [0.717, 1.165) is 11.5 Å². The Morgan fingerprint density at radius 1 is 1.33 bits per heavy atom. The molecule has 0 saturated carbocycles. The Morgan fingerprint density at radius 3 is 2.71 bits per heavy atom. The number of carbonyl (C=O) groups is 1. The Kier molecular flexibility index (Phi) is 5.03. The summed E-state index contributed by atoms with van der Waals surface area (Å²) < 4.78 is 1.70. The van der Waals surface area contributed by atoms with Crippen LogP contribution in [0.1, 0.15) is 37.8 Å². The van der Waals surface area contributed by atoms with Crippen molar-refractivity contribution < 1.29 is 4.79 Å². The molecule has 0 bridgehead atoms. The minimum atomic E-state index is -0.131. The van der Waals surface area contributed by atoms with Gasteiger partial charge in [0.2, 0.25) is 5.91 Å². The number of nitrogens with one attached hydrogen (secondary N) is 1.